The van der Waals surface area contributed by atoms with Gasteiger partial charge in [0.05, 0.1) is 0 Å². The largest absolute Gasteiger partial charge is 0.370 e. The zero-order valence-corrected chi connectivity index (χ0v) is 14.2. The summed E-state index contributed by atoms with van der Waals surface area (Å²) in [6, 6.07) is 11.4. The van der Waals surface area contributed by atoms with Gasteiger partial charge in [-0.05, 0) is 26.0 Å². The van der Waals surface area contributed by atoms with Crippen molar-refractivity contribution in [3.63, 3.8) is 0 Å². The molecule has 1 N–H and O–H groups in total. The van der Waals surface area contributed by atoms with Crippen LogP contribution in [0.15, 0.2) is 36.4 Å². The average Bonchev–Trinajstić information content (AvgIpc) is 2.62. The van der Waals surface area contributed by atoms with E-state index in [1.807, 2.05) is 55.1 Å². The average molecular weight is 325 g/mol. The Labute approximate surface area is 142 Å². The highest BCUT2D eigenvalue weighted by Crippen LogP contribution is 2.18. The second-order valence-corrected chi connectivity index (χ2v) is 5.83. The number of carbonyl (C=O) groups excluding carboxylic acids is 1. The first kappa shape index (κ1) is 16.2. The number of amides is 1. The molecule has 1 saturated heterocycles. The van der Waals surface area contributed by atoms with Crippen LogP contribution in [-0.2, 0) is 0 Å². The number of rotatable bonds is 4. The maximum absolute atomic E-state index is 12.5. The summed E-state index contributed by atoms with van der Waals surface area (Å²) in [5.74, 6) is 2.63. The fraction of sp³-hybridized carbons (Fsp3) is 0.389. The first-order valence-electron chi connectivity index (χ1n) is 8.36. The third-order valence-corrected chi connectivity index (χ3v) is 4.09. The van der Waals surface area contributed by atoms with Gasteiger partial charge in [0.1, 0.15) is 17.5 Å². The molecule has 1 amide bonds. The van der Waals surface area contributed by atoms with Crippen molar-refractivity contribution in [1.29, 1.82) is 0 Å². The van der Waals surface area contributed by atoms with Crippen LogP contribution in [0.1, 0.15) is 23.1 Å². The lowest BCUT2D eigenvalue weighted by Crippen LogP contribution is -2.49. The van der Waals surface area contributed by atoms with Gasteiger partial charge in [0, 0.05) is 44.4 Å². The van der Waals surface area contributed by atoms with E-state index in [1.54, 1.807) is 0 Å². The molecule has 6 nitrogen and oxygen atoms in total. The lowest BCUT2D eigenvalue weighted by atomic mass is 10.2. The first-order valence-corrected chi connectivity index (χ1v) is 8.36. The number of carbonyl (C=O) groups is 1. The van der Waals surface area contributed by atoms with Crippen LogP contribution in [0.4, 0.5) is 11.6 Å². The molecule has 3 rings (SSSR count). The van der Waals surface area contributed by atoms with Gasteiger partial charge in [-0.15, -0.1) is 0 Å². The van der Waals surface area contributed by atoms with E-state index in [2.05, 4.69) is 20.2 Å². The summed E-state index contributed by atoms with van der Waals surface area (Å²) in [5.41, 5.74) is 0.748. The summed E-state index contributed by atoms with van der Waals surface area (Å²) < 4.78 is 0. The summed E-state index contributed by atoms with van der Waals surface area (Å²) in [4.78, 5) is 25.6. The number of benzene rings is 1. The van der Waals surface area contributed by atoms with Crippen LogP contribution in [0.25, 0.3) is 0 Å². The Bertz CT molecular complexity index is 696. The normalized spacial score (nSPS) is 14.6. The van der Waals surface area contributed by atoms with Crippen LogP contribution in [0, 0.1) is 6.92 Å². The number of anilines is 2. The highest BCUT2D eigenvalue weighted by atomic mass is 16.2. The van der Waals surface area contributed by atoms with E-state index in [0.29, 0.717) is 13.1 Å². The number of aryl methyl sites for hydroxylation is 1. The minimum absolute atomic E-state index is 0.0995. The van der Waals surface area contributed by atoms with Gasteiger partial charge in [0.15, 0.2) is 0 Å². The van der Waals surface area contributed by atoms with Crippen molar-refractivity contribution < 1.29 is 4.79 Å². The summed E-state index contributed by atoms with van der Waals surface area (Å²) in [7, 11) is 0. The maximum atomic E-state index is 12.5. The zero-order chi connectivity index (χ0) is 16.9. The lowest BCUT2D eigenvalue weighted by molar-refractivity contribution is 0.0746. The summed E-state index contributed by atoms with van der Waals surface area (Å²) >= 11 is 0. The Kier molecular flexibility index (Phi) is 4.93. The van der Waals surface area contributed by atoms with Crippen LogP contribution in [0.2, 0.25) is 0 Å². The Morgan fingerprint density at radius 2 is 1.83 bits per heavy atom. The Balaban J connectivity index is 1.66. The van der Waals surface area contributed by atoms with Crippen LogP contribution >= 0.6 is 0 Å². The predicted octanol–water partition coefficient (Wildman–Crippen LogP) is 2.18. The maximum Gasteiger partial charge on any atom is 0.253 e. The van der Waals surface area contributed by atoms with E-state index in [4.69, 9.17) is 0 Å². The van der Waals surface area contributed by atoms with Gasteiger partial charge in [-0.3, -0.25) is 4.79 Å². The number of piperazine rings is 1. The molecule has 126 valence electrons. The Morgan fingerprint density at radius 3 is 2.50 bits per heavy atom. The third-order valence-electron chi connectivity index (χ3n) is 4.09. The van der Waals surface area contributed by atoms with Gasteiger partial charge in [-0.1, -0.05) is 18.2 Å². The number of hydrogen-bond acceptors (Lipinski definition) is 5. The summed E-state index contributed by atoms with van der Waals surface area (Å²) in [6.07, 6.45) is 0. The van der Waals surface area contributed by atoms with E-state index in [0.717, 1.165) is 42.7 Å². The van der Waals surface area contributed by atoms with E-state index < -0.39 is 0 Å². The van der Waals surface area contributed by atoms with Crippen molar-refractivity contribution >= 4 is 17.5 Å². The number of aromatic nitrogens is 2. The molecule has 2 aromatic rings. The molecule has 0 spiro atoms. The minimum Gasteiger partial charge on any atom is -0.370 e. The van der Waals surface area contributed by atoms with Gasteiger partial charge in [0.2, 0.25) is 0 Å². The fourth-order valence-electron chi connectivity index (χ4n) is 2.89. The van der Waals surface area contributed by atoms with Gasteiger partial charge < -0.3 is 15.1 Å². The van der Waals surface area contributed by atoms with E-state index in [-0.39, 0.29) is 5.91 Å². The lowest BCUT2D eigenvalue weighted by Gasteiger charge is -2.35. The highest BCUT2D eigenvalue weighted by molar-refractivity contribution is 5.94. The topological polar surface area (TPSA) is 61.4 Å². The molecule has 0 atom stereocenters. The predicted molar refractivity (Wildman–Crippen MR) is 95.5 cm³/mol. The van der Waals surface area contributed by atoms with E-state index in [1.165, 1.54) is 0 Å². The molecule has 1 aromatic carbocycles. The molecule has 24 heavy (non-hydrogen) atoms. The number of nitrogens with one attached hydrogen (secondary N) is 1. The van der Waals surface area contributed by atoms with Crippen molar-refractivity contribution in [2.75, 3.05) is 42.9 Å². The van der Waals surface area contributed by atoms with Crippen molar-refractivity contribution in [3.05, 3.63) is 47.8 Å². The molecule has 0 unspecified atom stereocenters. The number of hydrogen-bond donors (Lipinski definition) is 1. The van der Waals surface area contributed by atoms with Crippen LogP contribution in [0.3, 0.4) is 0 Å². The molecule has 1 aliphatic rings. The molecular weight excluding hydrogens is 302 g/mol. The molecule has 0 radical (unpaired) electrons. The van der Waals surface area contributed by atoms with Gasteiger partial charge in [0.25, 0.3) is 5.91 Å². The summed E-state index contributed by atoms with van der Waals surface area (Å²) in [5, 5.41) is 3.23. The van der Waals surface area contributed by atoms with Gasteiger partial charge >= 0.3 is 0 Å². The second kappa shape index (κ2) is 7.29. The molecule has 2 heterocycles. The van der Waals surface area contributed by atoms with Crippen LogP contribution < -0.4 is 10.2 Å². The molecule has 0 aliphatic carbocycles. The minimum atomic E-state index is 0.0995. The third kappa shape index (κ3) is 3.64. The van der Waals surface area contributed by atoms with Crippen molar-refractivity contribution in [3.8, 4) is 0 Å². The second-order valence-electron chi connectivity index (χ2n) is 5.83. The molecule has 0 saturated carbocycles. The van der Waals surface area contributed by atoms with Crippen molar-refractivity contribution in [2.24, 2.45) is 0 Å². The van der Waals surface area contributed by atoms with Gasteiger partial charge in [-0.25, -0.2) is 9.97 Å². The molecule has 6 heteroatoms. The molecular formula is C18H23N5O. The standard InChI is InChI=1S/C18H23N5O/c1-3-19-16-13-17(21-14(2)20-16)22-9-11-23(12-10-22)18(24)15-7-5-4-6-8-15/h4-8,13H,3,9-12H2,1-2H3,(H,19,20,21). The van der Waals surface area contributed by atoms with E-state index >= 15 is 0 Å². The molecule has 0 bridgehead atoms. The quantitative estimate of drug-likeness (QED) is 0.933. The smallest absolute Gasteiger partial charge is 0.253 e. The number of nitrogens with zero attached hydrogens (tertiary/aromatic N) is 4. The van der Waals surface area contributed by atoms with Crippen molar-refractivity contribution in [1.82, 2.24) is 14.9 Å². The monoisotopic (exact) mass is 325 g/mol. The SMILES string of the molecule is CCNc1cc(N2CCN(C(=O)c3ccccc3)CC2)nc(C)n1. The zero-order valence-electron chi connectivity index (χ0n) is 14.2. The van der Waals surface area contributed by atoms with Crippen LogP contribution in [-0.4, -0.2) is 53.5 Å². The molecule has 1 aliphatic heterocycles. The Hall–Kier alpha value is -2.63. The summed E-state index contributed by atoms with van der Waals surface area (Å²) in [6.45, 7) is 7.74. The molecule has 1 aromatic heterocycles. The highest BCUT2D eigenvalue weighted by Gasteiger charge is 2.23. The van der Waals surface area contributed by atoms with Gasteiger partial charge in [-0.2, -0.15) is 0 Å². The Morgan fingerprint density at radius 1 is 1.12 bits per heavy atom. The first-order chi connectivity index (χ1) is 11.7. The van der Waals surface area contributed by atoms with E-state index in [9.17, 15) is 4.79 Å². The van der Waals surface area contributed by atoms with Crippen molar-refractivity contribution in [2.45, 2.75) is 13.8 Å². The fourth-order valence-corrected chi connectivity index (χ4v) is 2.89. The molecule has 1 fully saturated rings. The van der Waals surface area contributed by atoms with Crippen LogP contribution in [0.5, 0.6) is 0 Å².